The lowest BCUT2D eigenvalue weighted by Crippen LogP contribution is -2.46. The minimum absolute atomic E-state index is 0.0245. The number of anilines is 1. The summed E-state index contributed by atoms with van der Waals surface area (Å²) in [6.07, 6.45) is -3.74. The molecule has 184 valence electrons. The summed E-state index contributed by atoms with van der Waals surface area (Å²) in [7, 11) is 3.85. The van der Waals surface area contributed by atoms with Gasteiger partial charge in [0.05, 0.1) is 23.8 Å². The first kappa shape index (κ1) is 24.3. The summed E-state index contributed by atoms with van der Waals surface area (Å²) < 4.78 is 46.7. The summed E-state index contributed by atoms with van der Waals surface area (Å²) in [4.78, 5) is 14.1. The molecule has 0 bridgehead atoms. The topological polar surface area (TPSA) is 65.6 Å². The molecule has 2 heterocycles. The van der Waals surface area contributed by atoms with Crippen LogP contribution < -0.4 is 16.0 Å². The predicted molar refractivity (Wildman–Crippen MR) is 125 cm³/mol. The molecule has 2 unspecified atom stereocenters. The van der Waals surface area contributed by atoms with Gasteiger partial charge in [0, 0.05) is 36.8 Å². The molecule has 2 amide bonds. The Morgan fingerprint density at radius 1 is 1.12 bits per heavy atom. The molecule has 0 aromatic heterocycles. The van der Waals surface area contributed by atoms with Crippen molar-refractivity contribution in [2.24, 2.45) is 5.92 Å². The molecule has 0 aliphatic carbocycles. The minimum atomic E-state index is -4.43. The fourth-order valence-electron chi connectivity index (χ4n) is 4.74. The second kappa shape index (κ2) is 10.2. The van der Waals surface area contributed by atoms with Crippen LogP contribution in [-0.2, 0) is 10.9 Å². The normalized spacial score (nSPS) is 24.1. The SMILES string of the molecule is CN(C)CCNC(=O)NCC1CC[C@@H]2C(O1)c1cc(C(F)(F)F)ccc1N[C@@H]2c1ccccc1. The minimum Gasteiger partial charge on any atom is -0.378 e. The number of fused-ring (bicyclic) bond motifs is 3. The van der Waals surface area contributed by atoms with E-state index in [0.717, 1.165) is 24.6 Å². The second-order valence-corrected chi connectivity index (χ2v) is 9.19. The summed E-state index contributed by atoms with van der Waals surface area (Å²) in [6, 6.07) is 13.4. The molecular weight excluding hydrogens is 445 g/mol. The van der Waals surface area contributed by atoms with Gasteiger partial charge in [0.1, 0.15) is 0 Å². The van der Waals surface area contributed by atoms with E-state index >= 15 is 0 Å². The lowest BCUT2D eigenvalue weighted by Gasteiger charge is -2.46. The lowest BCUT2D eigenvalue weighted by molar-refractivity contribution is -0.138. The van der Waals surface area contributed by atoms with E-state index in [1.54, 1.807) is 0 Å². The molecule has 4 atom stereocenters. The number of carbonyl (C=O) groups excluding carboxylic acids is 1. The number of halogens is 3. The molecule has 9 heteroatoms. The smallest absolute Gasteiger partial charge is 0.378 e. The summed E-state index contributed by atoms with van der Waals surface area (Å²) in [5.41, 5.74) is 1.56. The number of benzene rings is 2. The number of nitrogens with zero attached hydrogens (tertiary/aromatic N) is 1. The molecule has 34 heavy (non-hydrogen) atoms. The largest absolute Gasteiger partial charge is 0.416 e. The van der Waals surface area contributed by atoms with Gasteiger partial charge in [0.15, 0.2) is 0 Å². The summed E-state index contributed by atoms with van der Waals surface area (Å²) in [5.74, 6) is -0.0245. The van der Waals surface area contributed by atoms with Crippen molar-refractivity contribution in [2.75, 3.05) is 39.0 Å². The third kappa shape index (κ3) is 5.64. The van der Waals surface area contributed by atoms with E-state index in [0.29, 0.717) is 30.8 Å². The summed E-state index contributed by atoms with van der Waals surface area (Å²) >= 11 is 0. The molecule has 1 fully saturated rings. The summed E-state index contributed by atoms with van der Waals surface area (Å²) in [5, 5.41) is 9.09. The average molecular weight is 477 g/mol. The zero-order valence-electron chi connectivity index (χ0n) is 19.4. The third-order valence-electron chi connectivity index (χ3n) is 6.47. The third-order valence-corrected chi connectivity index (χ3v) is 6.47. The van der Waals surface area contributed by atoms with Crippen molar-refractivity contribution in [3.8, 4) is 0 Å². The fourth-order valence-corrected chi connectivity index (χ4v) is 4.74. The molecule has 2 aromatic carbocycles. The van der Waals surface area contributed by atoms with Gasteiger partial charge < -0.3 is 25.6 Å². The zero-order chi connectivity index (χ0) is 24.3. The van der Waals surface area contributed by atoms with Gasteiger partial charge in [-0.25, -0.2) is 4.79 Å². The van der Waals surface area contributed by atoms with Gasteiger partial charge in [0.2, 0.25) is 0 Å². The van der Waals surface area contributed by atoms with Gasteiger partial charge in [-0.15, -0.1) is 0 Å². The molecule has 2 aliphatic rings. The molecule has 0 spiro atoms. The van der Waals surface area contributed by atoms with Crippen LogP contribution in [0.1, 0.15) is 41.7 Å². The van der Waals surface area contributed by atoms with Crippen molar-refractivity contribution in [3.05, 3.63) is 65.2 Å². The Hall–Kier alpha value is -2.78. The highest BCUT2D eigenvalue weighted by Gasteiger charge is 2.43. The zero-order valence-corrected chi connectivity index (χ0v) is 19.4. The molecule has 1 saturated heterocycles. The second-order valence-electron chi connectivity index (χ2n) is 9.19. The van der Waals surface area contributed by atoms with Crippen LogP contribution in [0.15, 0.2) is 48.5 Å². The van der Waals surface area contributed by atoms with E-state index < -0.39 is 17.8 Å². The number of amides is 2. The maximum Gasteiger partial charge on any atom is 0.416 e. The molecule has 0 saturated carbocycles. The molecule has 6 nitrogen and oxygen atoms in total. The first-order chi connectivity index (χ1) is 16.2. The Morgan fingerprint density at radius 3 is 2.59 bits per heavy atom. The quantitative estimate of drug-likeness (QED) is 0.572. The molecule has 0 radical (unpaired) electrons. The first-order valence-corrected chi connectivity index (χ1v) is 11.6. The molecule has 4 rings (SSSR count). The fraction of sp³-hybridized carbons (Fsp3) is 0.480. The Bertz CT molecular complexity index is 984. The Morgan fingerprint density at radius 2 is 1.88 bits per heavy atom. The van der Waals surface area contributed by atoms with E-state index in [9.17, 15) is 18.0 Å². The van der Waals surface area contributed by atoms with Gasteiger partial charge in [0.25, 0.3) is 0 Å². The number of ether oxygens (including phenoxy) is 1. The molecule has 3 N–H and O–H groups in total. The van der Waals surface area contributed by atoms with Gasteiger partial charge in [-0.2, -0.15) is 13.2 Å². The van der Waals surface area contributed by atoms with Crippen LogP contribution >= 0.6 is 0 Å². The number of nitrogens with one attached hydrogen (secondary N) is 3. The van der Waals surface area contributed by atoms with E-state index in [2.05, 4.69) is 16.0 Å². The Labute approximate surface area is 197 Å². The monoisotopic (exact) mass is 476 g/mol. The van der Waals surface area contributed by atoms with E-state index in [1.807, 2.05) is 49.3 Å². The van der Waals surface area contributed by atoms with E-state index in [-0.39, 0.29) is 24.1 Å². The predicted octanol–water partition coefficient (Wildman–Crippen LogP) is 4.57. The van der Waals surface area contributed by atoms with Crippen molar-refractivity contribution in [2.45, 2.75) is 37.3 Å². The number of urea groups is 1. The van der Waals surface area contributed by atoms with Gasteiger partial charge in [-0.05, 0) is 50.7 Å². The van der Waals surface area contributed by atoms with Crippen molar-refractivity contribution in [3.63, 3.8) is 0 Å². The number of hydrogen-bond acceptors (Lipinski definition) is 4. The Balaban J connectivity index is 1.52. The van der Waals surface area contributed by atoms with Crippen molar-refractivity contribution in [1.82, 2.24) is 15.5 Å². The molecule has 2 aromatic rings. The van der Waals surface area contributed by atoms with Crippen LogP contribution in [0.4, 0.5) is 23.7 Å². The van der Waals surface area contributed by atoms with Crippen molar-refractivity contribution in [1.29, 1.82) is 0 Å². The van der Waals surface area contributed by atoms with Crippen LogP contribution in [0.2, 0.25) is 0 Å². The number of hydrogen-bond donors (Lipinski definition) is 3. The average Bonchev–Trinajstić information content (AvgIpc) is 2.81. The van der Waals surface area contributed by atoms with E-state index in [4.69, 9.17) is 4.74 Å². The number of alkyl halides is 3. The summed E-state index contributed by atoms with van der Waals surface area (Å²) in [6.45, 7) is 1.55. The van der Waals surface area contributed by atoms with Crippen LogP contribution in [-0.4, -0.2) is 50.8 Å². The van der Waals surface area contributed by atoms with Gasteiger partial charge in [-0.1, -0.05) is 30.3 Å². The van der Waals surface area contributed by atoms with Crippen LogP contribution in [0, 0.1) is 5.92 Å². The molecule has 2 aliphatic heterocycles. The highest BCUT2D eigenvalue weighted by atomic mass is 19.4. The van der Waals surface area contributed by atoms with Crippen LogP contribution in [0.5, 0.6) is 0 Å². The maximum atomic E-state index is 13.4. The lowest BCUT2D eigenvalue weighted by atomic mass is 9.76. The van der Waals surface area contributed by atoms with Gasteiger partial charge in [-0.3, -0.25) is 0 Å². The standard InChI is InChI=1S/C25H31F3N4O2/c1-32(2)13-12-29-24(33)30-15-18-9-10-19-22(16-6-4-3-5-7-16)31-21-11-8-17(25(26,27)28)14-20(21)23(19)34-18/h3-8,11,14,18-19,22-23,31H,9-10,12-13,15H2,1-2H3,(H2,29,30,33)/t18?,19-,22+,23?/m0/s1. The first-order valence-electron chi connectivity index (χ1n) is 11.6. The van der Waals surface area contributed by atoms with Crippen LogP contribution in [0.25, 0.3) is 0 Å². The maximum absolute atomic E-state index is 13.4. The number of rotatable bonds is 6. The Kier molecular flexibility index (Phi) is 7.33. The van der Waals surface area contributed by atoms with E-state index in [1.165, 1.54) is 12.1 Å². The van der Waals surface area contributed by atoms with Crippen molar-refractivity contribution >= 4 is 11.7 Å². The molecular formula is C25H31F3N4O2. The van der Waals surface area contributed by atoms with Crippen molar-refractivity contribution < 1.29 is 22.7 Å². The highest BCUT2D eigenvalue weighted by molar-refractivity contribution is 5.73. The van der Waals surface area contributed by atoms with Crippen LogP contribution in [0.3, 0.4) is 0 Å². The number of carbonyl (C=O) groups is 1. The van der Waals surface area contributed by atoms with Gasteiger partial charge >= 0.3 is 12.2 Å². The number of likely N-dealkylation sites (N-methyl/N-ethyl adjacent to an activating group) is 1. The highest BCUT2D eigenvalue weighted by Crippen LogP contribution is 2.51.